The molecule has 0 spiro atoms. The number of rotatable bonds is 4. The maximum absolute atomic E-state index is 13.1. The lowest BCUT2D eigenvalue weighted by molar-refractivity contribution is -0.144. The molecule has 0 bridgehead atoms. The molecule has 1 heterocycles. The van der Waals surface area contributed by atoms with Crippen LogP contribution < -0.4 is 10.6 Å². The van der Waals surface area contributed by atoms with Crippen molar-refractivity contribution < 1.29 is 22.4 Å². The van der Waals surface area contributed by atoms with Crippen LogP contribution in [-0.4, -0.2) is 28.0 Å². The van der Waals surface area contributed by atoms with Crippen molar-refractivity contribution in [1.29, 1.82) is 0 Å². The van der Waals surface area contributed by atoms with Crippen molar-refractivity contribution in [2.24, 2.45) is 0 Å². The summed E-state index contributed by atoms with van der Waals surface area (Å²) in [4.78, 5) is 19.4. The minimum atomic E-state index is -4.65. The van der Waals surface area contributed by atoms with Gasteiger partial charge in [-0.15, -0.1) is 0 Å². The van der Waals surface area contributed by atoms with E-state index in [4.69, 9.17) is 0 Å². The number of aromatic nitrogens is 2. The van der Waals surface area contributed by atoms with E-state index in [9.17, 15) is 22.4 Å². The molecule has 2 aromatic carbocycles. The van der Waals surface area contributed by atoms with E-state index in [2.05, 4.69) is 20.6 Å². The highest BCUT2D eigenvalue weighted by molar-refractivity contribution is 5.94. The van der Waals surface area contributed by atoms with E-state index in [0.717, 1.165) is 0 Å². The van der Waals surface area contributed by atoms with Crippen LogP contribution in [0.1, 0.15) is 29.0 Å². The van der Waals surface area contributed by atoms with Gasteiger partial charge in [-0.25, -0.2) is 14.4 Å². The predicted molar refractivity (Wildman–Crippen MR) is 98.8 cm³/mol. The number of carbonyl (C=O) groups excluding carboxylic acids is 1. The number of hydrogen-bond donors (Lipinski definition) is 2. The van der Waals surface area contributed by atoms with E-state index in [1.807, 2.05) is 0 Å². The van der Waals surface area contributed by atoms with Crippen LogP contribution in [0, 0.1) is 5.82 Å². The third-order valence-corrected chi connectivity index (χ3v) is 4.78. The van der Waals surface area contributed by atoms with Crippen molar-refractivity contribution in [1.82, 2.24) is 15.3 Å². The molecule has 0 saturated heterocycles. The van der Waals surface area contributed by atoms with Gasteiger partial charge in [0.25, 0.3) is 5.91 Å². The number of nitrogens with zero attached hydrogens (tertiary/aromatic N) is 2. The molecule has 9 heteroatoms. The number of nitrogens with one attached hydrogen (secondary N) is 2. The third kappa shape index (κ3) is 4.13. The number of alkyl halides is 3. The van der Waals surface area contributed by atoms with Crippen molar-refractivity contribution >= 4 is 22.6 Å². The van der Waals surface area contributed by atoms with Crippen LogP contribution in [0.4, 0.5) is 23.4 Å². The van der Waals surface area contributed by atoms with E-state index in [0.29, 0.717) is 23.8 Å². The number of amides is 1. The van der Waals surface area contributed by atoms with E-state index in [1.165, 1.54) is 30.3 Å². The monoisotopic (exact) mass is 404 g/mol. The summed E-state index contributed by atoms with van der Waals surface area (Å²) in [5.41, 5.74) is 0.553. The Bertz CT molecular complexity index is 1050. The van der Waals surface area contributed by atoms with Gasteiger partial charge in [0.1, 0.15) is 11.6 Å². The molecule has 29 heavy (non-hydrogen) atoms. The lowest BCUT2D eigenvalue weighted by Crippen LogP contribution is -2.49. The number of carbonyl (C=O) groups is 1. The molecule has 150 valence electrons. The van der Waals surface area contributed by atoms with Gasteiger partial charge in [-0.1, -0.05) is 12.1 Å². The first kappa shape index (κ1) is 19.1. The second-order valence-corrected chi connectivity index (χ2v) is 6.90. The van der Waals surface area contributed by atoms with Gasteiger partial charge in [0.15, 0.2) is 0 Å². The predicted octanol–water partition coefficient (Wildman–Crippen LogP) is 4.16. The first-order valence-corrected chi connectivity index (χ1v) is 8.96. The zero-order chi connectivity index (χ0) is 20.6. The maximum Gasteiger partial charge on any atom is 0.451 e. The normalized spacial score (nSPS) is 18.9. The van der Waals surface area contributed by atoms with Crippen molar-refractivity contribution in [2.45, 2.75) is 31.1 Å². The highest BCUT2D eigenvalue weighted by atomic mass is 19.4. The molecule has 0 aliphatic heterocycles. The van der Waals surface area contributed by atoms with E-state index >= 15 is 0 Å². The van der Waals surface area contributed by atoms with Gasteiger partial charge in [-0.2, -0.15) is 13.2 Å². The highest BCUT2D eigenvalue weighted by Crippen LogP contribution is 2.32. The van der Waals surface area contributed by atoms with Gasteiger partial charge in [0, 0.05) is 23.0 Å². The molecule has 1 amide bonds. The molecule has 3 aromatic rings. The molecular formula is C20H16F4N4O. The summed E-state index contributed by atoms with van der Waals surface area (Å²) in [5.74, 6) is -1.82. The second-order valence-electron chi connectivity index (χ2n) is 6.90. The Hall–Kier alpha value is -3.23. The number of benzene rings is 2. The Labute approximate surface area is 163 Å². The fourth-order valence-electron chi connectivity index (χ4n) is 3.23. The van der Waals surface area contributed by atoms with E-state index in [-0.39, 0.29) is 29.3 Å². The first-order chi connectivity index (χ1) is 13.8. The molecule has 2 N–H and O–H groups in total. The van der Waals surface area contributed by atoms with Crippen molar-refractivity contribution in [3.05, 3.63) is 65.7 Å². The van der Waals surface area contributed by atoms with Gasteiger partial charge < -0.3 is 10.6 Å². The minimum absolute atomic E-state index is 0.122. The molecule has 1 aliphatic carbocycles. The number of halogens is 4. The average Bonchev–Trinajstić information content (AvgIpc) is 2.65. The molecule has 1 aliphatic rings. The summed E-state index contributed by atoms with van der Waals surface area (Å²) >= 11 is 0. The van der Waals surface area contributed by atoms with Gasteiger partial charge in [-0.3, -0.25) is 4.79 Å². The SMILES string of the molecule is O=C(NC1CC(Nc2nc(C(F)(F)F)nc3ccccc23)C1)c1ccc(F)cc1. The topological polar surface area (TPSA) is 66.9 Å². The second kappa shape index (κ2) is 7.31. The average molecular weight is 404 g/mol. The maximum atomic E-state index is 13.1. The number of fused-ring (bicyclic) bond motifs is 1. The molecule has 5 nitrogen and oxygen atoms in total. The van der Waals surface area contributed by atoms with Gasteiger partial charge in [0.05, 0.1) is 5.52 Å². The Morgan fingerprint density at radius 1 is 0.966 bits per heavy atom. The quantitative estimate of drug-likeness (QED) is 0.641. The Balaban J connectivity index is 1.43. The van der Waals surface area contributed by atoms with Crippen LogP contribution in [0.25, 0.3) is 10.9 Å². The summed E-state index contributed by atoms with van der Waals surface area (Å²) < 4.78 is 52.2. The van der Waals surface area contributed by atoms with Crippen molar-refractivity contribution in [3.8, 4) is 0 Å². The smallest absolute Gasteiger partial charge is 0.367 e. The van der Waals surface area contributed by atoms with Crippen LogP contribution in [0.2, 0.25) is 0 Å². The van der Waals surface area contributed by atoms with E-state index in [1.54, 1.807) is 18.2 Å². The van der Waals surface area contributed by atoms with Crippen LogP contribution in [-0.2, 0) is 6.18 Å². The molecule has 1 fully saturated rings. The number of para-hydroxylation sites is 1. The zero-order valence-corrected chi connectivity index (χ0v) is 15.0. The van der Waals surface area contributed by atoms with Gasteiger partial charge >= 0.3 is 6.18 Å². The molecule has 0 radical (unpaired) electrons. The molecule has 1 saturated carbocycles. The highest BCUT2D eigenvalue weighted by Gasteiger charge is 2.36. The van der Waals surface area contributed by atoms with Gasteiger partial charge in [-0.05, 0) is 49.2 Å². The standard InChI is InChI=1S/C20H16F4N4O/c21-12-7-5-11(6-8-12)18(29)26-14-9-13(10-14)25-17-15-3-1-2-4-16(15)27-19(28-17)20(22,23)24/h1-8,13-14H,9-10H2,(H,26,29)(H,25,27,28). The molecular weight excluding hydrogens is 388 g/mol. The third-order valence-electron chi connectivity index (χ3n) is 4.78. The number of anilines is 1. The Morgan fingerprint density at radius 2 is 1.66 bits per heavy atom. The van der Waals surface area contributed by atoms with Crippen molar-refractivity contribution in [3.63, 3.8) is 0 Å². The fraction of sp³-hybridized carbons (Fsp3) is 0.250. The largest absolute Gasteiger partial charge is 0.451 e. The van der Waals surface area contributed by atoms with Crippen LogP contribution >= 0.6 is 0 Å². The summed E-state index contributed by atoms with van der Waals surface area (Å²) in [5, 5.41) is 6.36. The van der Waals surface area contributed by atoms with Gasteiger partial charge in [0.2, 0.25) is 5.82 Å². The summed E-state index contributed by atoms with van der Waals surface area (Å²) in [6.07, 6.45) is -3.58. The minimum Gasteiger partial charge on any atom is -0.367 e. The lowest BCUT2D eigenvalue weighted by atomic mass is 9.86. The molecule has 1 aromatic heterocycles. The number of hydrogen-bond acceptors (Lipinski definition) is 4. The Kier molecular flexibility index (Phi) is 4.81. The van der Waals surface area contributed by atoms with E-state index < -0.39 is 17.8 Å². The summed E-state index contributed by atoms with van der Waals surface area (Å²) in [7, 11) is 0. The van der Waals surface area contributed by atoms with Crippen LogP contribution in [0.15, 0.2) is 48.5 Å². The summed E-state index contributed by atoms with van der Waals surface area (Å²) in [6.45, 7) is 0. The fourth-order valence-corrected chi connectivity index (χ4v) is 3.23. The first-order valence-electron chi connectivity index (χ1n) is 8.96. The Morgan fingerprint density at radius 3 is 2.34 bits per heavy atom. The molecule has 0 unspecified atom stereocenters. The van der Waals surface area contributed by atoms with Crippen molar-refractivity contribution in [2.75, 3.05) is 5.32 Å². The summed E-state index contributed by atoms with van der Waals surface area (Å²) in [6, 6.07) is 11.4. The zero-order valence-electron chi connectivity index (χ0n) is 15.0. The van der Waals surface area contributed by atoms with Crippen LogP contribution in [0.5, 0.6) is 0 Å². The molecule has 4 rings (SSSR count). The molecule has 0 atom stereocenters. The lowest BCUT2D eigenvalue weighted by Gasteiger charge is -2.36. The van der Waals surface area contributed by atoms with Crippen LogP contribution in [0.3, 0.4) is 0 Å².